The molecule has 0 spiro atoms. The number of alkyl carbamates (subject to hydrolysis) is 1. The van der Waals surface area contributed by atoms with Gasteiger partial charge in [0.05, 0.1) is 0 Å². The fourth-order valence-electron chi connectivity index (χ4n) is 5.09. The molecule has 0 saturated heterocycles. The van der Waals surface area contributed by atoms with Gasteiger partial charge in [0.2, 0.25) is 5.91 Å². The van der Waals surface area contributed by atoms with Crippen LogP contribution < -0.4 is 10.6 Å². The zero-order valence-electron chi connectivity index (χ0n) is 19.9. The molecule has 1 unspecified atom stereocenters. The number of thioether (sulfide) groups is 1. The first kappa shape index (κ1) is 25.1. The molecule has 7 nitrogen and oxygen atoms in total. The minimum Gasteiger partial charge on any atom is -0.480 e. The van der Waals surface area contributed by atoms with Gasteiger partial charge < -0.3 is 20.5 Å². The van der Waals surface area contributed by atoms with Gasteiger partial charge in [-0.25, -0.2) is 9.59 Å². The van der Waals surface area contributed by atoms with E-state index >= 15 is 0 Å². The van der Waals surface area contributed by atoms with Gasteiger partial charge in [0.25, 0.3) is 0 Å². The number of carbonyl (C=O) groups is 3. The van der Waals surface area contributed by atoms with Crippen molar-refractivity contribution in [2.45, 2.75) is 37.6 Å². The van der Waals surface area contributed by atoms with E-state index in [-0.39, 0.29) is 24.3 Å². The second kappa shape index (κ2) is 11.6. The number of nitrogens with one attached hydrogen (secondary N) is 2. The summed E-state index contributed by atoms with van der Waals surface area (Å²) in [6, 6.07) is 15.6. The van der Waals surface area contributed by atoms with E-state index in [9.17, 15) is 19.5 Å². The number of hydrogen-bond donors (Lipinski definition) is 3. The van der Waals surface area contributed by atoms with Crippen LogP contribution in [0.1, 0.15) is 42.7 Å². The van der Waals surface area contributed by atoms with Crippen LogP contribution in [0.4, 0.5) is 4.79 Å². The summed E-state index contributed by atoms with van der Waals surface area (Å²) in [5.41, 5.74) is 4.75. The Balaban J connectivity index is 1.16. The smallest absolute Gasteiger partial charge is 0.407 e. The molecule has 0 aliphatic heterocycles. The first-order valence-electron chi connectivity index (χ1n) is 12.1. The van der Waals surface area contributed by atoms with Gasteiger partial charge in [0.1, 0.15) is 12.6 Å². The summed E-state index contributed by atoms with van der Waals surface area (Å²) < 4.78 is 5.58. The Hall–Kier alpha value is -3.00. The summed E-state index contributed by atoms with van der Waals surface area (Å²) in [5, 5.41) is 14.7. The molecule has 0 bridgehead atoms. The highest BCUT2D eigenvalue weighted by atomic mass is 32.2. The number of benzene rings is 2. The van der Waals surface area contributed by atoms with Gasteiger partial charge in [-0.15, -0.1) is 0 Å². The second-order valence-corrected chi connectivity index (χ2v) is 10.3. The fourth-order valence-corrected chi connectivity index (χ4v) is 5.56. The molecule has 2 amide bonds. The monoisotopic (exact) mass is 496 g/mol. The van der Waals surface area contributed by atoms with Gasteiger partial charge in [-0.05, 0) is 65.4 Å². The maximum Gasteiger partial charge on any atom is 0.407 e. The number of carboxylic acids is 1. The largest absolute Gasteiger partial charge is 0.480 e. The van der Waals surface area contributed by atoms with Gasteiger partial charge in [-0.3, -0.25) is 4.79 Å². The molecule has 2 aromatic rings. The van der Waals surface area contributed by atoms with Crippen LogP contribution in [0.15, 0.2) is 48.5 Å². The predicted octanol–water partition coefficient (Wildman–Crippen LogP) is 4.26. The van der Waals surface area contributed by atoms with Crippen molar-refractivity contribution in [3.05, 3.63) is 59.7 Å². The third-order valence-corrected chi connectivity index (χ3v) is 7.57. The third-order valence-electron chi connectivity index (χ3n) is 6.93. The second-order valence-electron chi connectivity index (χ2n) is 9.35. The normalized spacial score (nSPS) is 19.1. The van der Waals surface area contributed by atoms with Gasteiger partial charge >= 0.3 is 12.1 Å². The van der Waals surface area contributed by atoms with E-state index in [1.54, 1.807) is 11.8 Å². The number of carboxylic acid groups (broad SMARTS) is 1. The van der Waals surface area contributed by atoms with E-state index in [4.69, 9.17) is 4.74 Å². The topological polar surface area (TPSA) is 105 Å². The van der Waals surface area contributed by atoms with Crippen molar-refractivity contribution in [1.82, 2.24) is 10.6 Å². The van der Waals surface area contributed by atoms with E-state index < -0.39 is 18.1 Å². The zero-order valence-corrected chi connectivity index (χ0v) is 20.7. The summed E-state index contributed by atoms with van der Waals surface area (Å²) in [7, 11) is 0. The first-order chi connectivity index (χ1) is 17.0. The van der Waals surface area contributed by atoms with E-state index in [1.807, 2.05) is 30.5 Å². The number of fused-ring (bicyclic) bond motifs is 3. The van der Waals surface area contributed by atoms with Gasteiger partial charge in [-0.2, -0.15) is 11.8 Å². The Morgan fingerprint density at radius 3 is 2.26 bits per heavy atom. The Morgan fingerprint density at radius 2 is 1.66 bits per heavy atom. The molecule has 0 aromatic heterocycles. The molecular formula is C27H32N2O5S. The minimum absolute atomic E-state index is 0.0327. The number of hydrogen-bond acceptors (Lipinski definition) is 5. The molecule has 4 rings (SSSR count). The van der Waals surface area contributed by atoms with Crippen molar-refractivity contribution < 1.29 is 24.2 Å². The highest BCUT2D eigenvalue weighted by Crippen LogP contribution is 2.44. The number of aliphatic carboxylic acids is 1. The Labute approximate surface area is 210 Å². The lowest BCUT2D eigenvalue weighted by atomic mass is 9.73. The predicted molar refractivity (Wildman–Crippen MR) is 136 cm³/mol. The molecule has 2 aliphatic carbocycles. The van der Waals surface area contributed by atoms with Gasteiger partial charge in [0, 0.05) is 18.9 Å². The van der Waals surface area contributed by atoms with Crippen molar-refractivity contribution in [3.63, 3.8) is 0 Å². The highest BCUT2D eigenvalue weighted by molar-refractivity contribution is 7.98. The van der Waals surface area contributed by atoms with Crippen molar-refractivity contribution >= 4 is 29.7 Å². The lowest BCUT2D eigenvalue weighted by Crippen LogP contribution is -2.43. The maximum atomic E-state index is 12.3. The average Bonchev–Trinajstić information content (AvgIpc) is 3.15. The molecule has 1 saturated carbocycles. The van der Waals surface area contributed by atoms with E-state index in [0.29, 0.717) is 31.1 Å². The molecule has 2 aliphatic rings. The third kappa shape index (κ3) is 6.17. The van der Waals surface area contributed by atoms with Crippen molar-refractivity contribution in [2.75, 3.05) is 25.2 Å². The fraction of sp³-hybridized carbons (Fsp3) is 0.444. The van der Waals surface area contributed by atoms with Crippen molar-refractivity contribution in [1.29, 1.82) is 0 Å². The van der Waals surface area contributed by atoms with Crippen LogP contribution in [0.3, 0.4) is 0 Å². The molecule has 2 aromatic carbocycles. The van der Waals surface area contributed by atoms with E-state index in [1.165, 1.54) is 22.3 Å². The molecule has 3 N–H and O–H groups in total. The highest BCUT2D eigenvalue weighted by Gasteiger charge is 2.32. The summed E-state index contributed by atoms with van der Waals surface area (Å²) in [6.45, 7) is 0.800. The maximum absolute atomic E-state index is 12.3. The lowest BCUT2D eigenvalue weighted by molar-refractivity contribution is -0.142. The van der Waals surface area contributed by atoms with E-state index in [0.717, 1.165) is 12.8 Å². The number of rotatable bonds is 11. The number of amides is 2. The van der Waals surface area contributed by atoms with Crippen LogP contribution in [-0.2, 0) is 14.3 Å². The number of ether oxygens (including phenoxy) is 1. The van der Waals surface area contributed by atoms with Crippen molar-refractivity contribution in [3.8, 4) is 11.1 Å². The summed E-state index contributed by atoms with van der Waals surface area (Å²) >= 11 is 1.56. The minimum atomic E-state index is -0.994. The summed E-state index contributed by atoms with van der Waals surface area (Å²) in [5.74, 6) is 0.0341. The SMILES string of the molecule is CSCCC(NC(=O)CC1CC(CNC(=O)OCC2c3ccccc3-c3ccccc32)C1)C(=O)O. The van der Waals surface area contributed by atoms with E-state index in [2.05, 4.69) is 34.9 Å². The molecular weight excluding hydrogens is 464 g/mol. The molecule has 186 valence electrons. The Morgan fingerprint density at radius 1 is 1.03 bits per heavy atom. The Kier molecular flexibility index (Phi) is 8.33. The molecule has 8 heteroatoms. The molecule has 35 heavy (non-hydrogen) atoms. The lowest BCUT2D eigenvalue weighted by Gasteiger charge is -2.35. The summed E-state index contributed by atoms with van der Waals surface area (Å²) in [4.78, 5) is 35.9. The van der Waals surface area contributed by atoms with Crippen molar-refractivity contribution in [2.24, 2.45) is 11.8 Å². The zero-order chi connectivity index (χ0) is 24.8. The molecule has 0 heterocycles. The van der Waals surface area contributed by atoms with Crippen LogP contribution >= 0.6 is 11.8 Å². The van der Waals surface area contributed by atoms with Crippen LogP contribution in [0.2, 0.25) is 0 Å². The Bertz CT molecular complexity index is 1020. The standard InChI is InChI=1S/C27H32N2O5S/c1-35-11-10-24(26(31)32)29-25(30)14-17-12-18(13-17)15-28-27(33)34-16-23-21-8-4-2-6-19(21)20-7-3-5-9-22(20)23/h2-9,17-18,23-24H,10-16H2,1H3,(H,28,33)(H,29,30)(H,31,32). The average molecular weight is 497 g/mol. The summed E-state index contributed by atoms with van der Waals surface area (Å²) in [6.07, 6.45) is 3.89. The van der Waals surface area contributed by atoms with Crippen LogP contribution in [0.25, 0.3) is 11.1 Å². The van der Waals surface area contributed by atoms with Crippen LogP contribution in [-0.4, -0.2) is 54.3 Å². The molecule has 1 fully saturated rings. The van der Waals surface area contributed by atoms with Crippen LogP contribution in [0, 0.1) is 11.8 Å². The van der Waals surface area contributed by atoms with Gasteiger partial charge in [-0.1, -0.05) is 48.5 Å². The molecule has 1 atom stereocenters. The van der Waals surface area contributed by atoms with Gasteiger partial charge in [0.15, 0.2) is 0 Å². The first-order valence-corrected chi connectivity index (χ1v) is 13.5. The quantitative estimate of drug-likeness (QED) is 0.429. The van der Waals surface area contributed by atoms with Crippen LogP contribution in [0.5, 0.6) is 0 Å². The molecule has 0 radical (unpaired) electrons. The number of carbonyl (C=O) groups excluding carboxylic acids is 2.